The van der Waals surface area contributed by atoms with Gasteiger partial charge in [-0.3, -0.25) is 9.59 Å². The van der Waals surface area contributed by atoms with Gasteiger partial charge in [-0.05, 0) is 35.2 Å². The van der Waals surface area contributed by atoms with Gasteiger partial charge in [-0.25, -0.2) is 0 Å². The molecule has 1 unspecified atom stereocenters. The van der Waals surface area contributed by atoms with Gasteiger partial charge in [0.1, 0.15) is 6.04 Å². The maximum Gasteiger partial charge on any atom is 0.290 e. The average Bonchev–Trinajstić information content (AvgIpc) is 3.20. The van der Waals surface area contributed by atoms with Crippen molar-refractivity contribution in [2.45, 2.75) is 32.9 Å². The number of halogens is 1. The molecule has 6 nitrogen and oxygen atoms in total. The molecule has 2 aromatic rings. The highest BCUT2D eigenvalue weighted by Gasteiger charge is 2.38. The van der Waals surface area contributed by atoms with Gasteiger partial charge >= 0.3 is 0 Å². The van der Waals surface area contributed by atoms with Crippen LogP contribution >= 0.6 is 12.4 Å². The molecule has 1 aromatic carbocycles. The molecular weight excluding hydrogens is 378 g/mol. The summed E-state index contributed by atoms with van der Waals surface area (Å²) in [4.78, 5) is 29.5. The molecule has 0 radical (unpaired) electrons. The predicted molar refractivity (Wildman–Crippen MR) is 110 cm³/mol. The molecule has 0 fully saturated rings. The molecule has 1 aromatic heterocycles. The van der Waals surface area contributed by atoms with E-state index in [1.807, 2.05) is 38.1 Å². The highest BCUT2D eigenvalue weighted by Crippen LogP contribution is 2.27. The maximum absolute atomic E-state index is 13.2. The number of fused-ring (bicyclic) bond motifs is 1. The van der Waals surface area contributed by atoms with Crippen molar-refractivity contribution >= 4 is 24.2 Å². The van der Waals surface area contributed by atoms with E-state index in [2.05, 4.69) is 0 Å². The molecule has 7 heteroatoms. The number of nitrogens with two attached hydrogens (primary N) is 1. The Morgan fingerprint density at radius 2 is 1.89 bits per heavy atom. The van der Waals surface area contributed by atoms with Crippen molar-refractivity contribution in [1.82, 2.24) is 9.80 Å². The fraction of sp³-hybridized carbons (Fsp3) is 0.429. The van der Waals surface area contributed by atoms with Crippen LogP contribution in [0.2, 0.25) is 0 Å². The summed E-state index contributed by atoms with van der Waals surface area (Å²) in [6, 6.07) is 10.7. The van der Waals surface area contributed by atoms with Crippen molar-refractivity contribution in [2.75, 3.05) is 20.1 Å². The van der Waals surface area contributed by atoms with E-state index in [-0.39, 0.29) is 35.4 Å². The Morgan fingerprint density at radius 1 is 1.21 bits per heavy atom. The second-order valence-electron chi connectivity index (χ2n) is 7.96. The molecule has 0 aliphatic carbocycles. The average molecular weight is 406 g/mol. The third kappa shape index (κ3) is 4.56. The predicted octanol–water partition coefficient (Wildman–Crippen LogP) is 2.71. The van der Waals surface area contributed by atoms with Crippen molar-refractivity contribution in [1.29, 1.82) is 0 Å². The highest BCUT2D eigenvalue weighted by molar-refractivity contribution is 5.96. The molecule has 2 N–H and O–H groups in total. The van der Waals surface area contributed by atoms with Crippen LogP contribution in [-0.4, -0.2) is 47.8 Å². The van der Waals surface area contributed by atoms with Gasteiger partial charge in [0.05, 0.1) is 6.26 Å². The second kappa shape index (κ2) is 8.80. The number of benzene rings is 1. The zero-order chi connectivity index (χ0) is 19.6. The molecule has 28 heavy (non-hydrogen) atoms. The lowest BCUT2D eigenvalue weighted by Gasteiger charge is -2.39. The van der Waals surface area contributed by atoms with Crippen LogP contribution in [0.5, 0.6) is 0 Å². The Hall–Kier alpha value is -2.31. The van der Waals surface area contributed by atoms with Crippen LogP contribution in [0.3, 0.4) is 0 Å². The Labute approximate surface area is 172 Å². The van der Waals surface area contributed by atoms with Gasteiger partial charge in [-0.15, -0.1) is 12.4 Å². The van der Waals surface area contributed by atoms with Gasteiger partial charge < -0.3 is 20.0 Å². The van der Waals surface area contributed by atoms with Crippen molar-refractivity contribution < 1.29 is 14.0 Å². The lowest BCUT2D eigenvalue weighted by molar-refractivity contribution is -0.136. The van der Waals surface area contributed by atoms with Crippen LogP contribution in [-0.2, 0) is 17.8 Å². The Kier molecular flexibility index (Phi) is 6.91. The monoisotopic (exact) mass is 405 g/mol. The number of carbonyl (C=O) groups excluding carboxylic acids is 2. The molecule has 0 saturated heterocycles. The maximum atomic E-state index is 13.2. The summed E-state index contributed by atoms with van der Waals surface area (Å²) in [6.45, 7) is 5.45. The number of nitrogens with zero attached hydrogens (tertiary/aromatic N) is 2. The summed E-state index contributed by atoms with van der Waals surface area (Å²) < 4.78 is 5.29. The van der Waals surface area contributed by atoms with Gasteiger partial charge in [0.15, 0.2) is 5.76 Å². The van der Waals surface area contributed by atoms with E-state index in [1.165, 1.54) is 6.26 Å². The molecular formula is C21H28ClN3O3. The van der Waals surface area contributed by atoms with Crippen molar-refractivity contribution in [2.24, 2.45) is 11.1 Å². The standard InChI is InChI=1S/C21H27N3O3.ClH/c1-21(2,13-22)14-23(3)19(25)17-11-15-7-4-5-8-16(15)12-24(17)20(26)18-9-6-10-27-18;/h4-10,17H,11-14,22H2,1-3H3;1H. The van der Waals surface area contributed by atoms with Gasteiger partial charge in [-0.2, -0.15) is 0 Å². The number of rotatable bonds is 5. The molecule has 1 atom stereocenters. The van der Waals surface area contributed by atoms with Crippen LogP contribution < -0.4 is 5.73 Å². The van der Waals surface area contributed by atoms with E-state index in [4.69, 9.17) is 10.2 Å². The van der Waals surface area contributed by atoms with E-state index in [9.17, 15) is 9.59 Å². The molecule has 152 valence electrons. The Bertz CT molecular complexity index is 820. The summed E-state index contributed by atoms with van der Waals surface area (Å²) in [5.74, 6) is -0.0950. The largest absolute Gasteiger partial charge is 0.459 e. The number of carbonyl (C=O) groups is 2. The lowest BCUT2D eigenvalue weighted by atomic mass is 9.91. The SMILES string of the molecule is CN(CC(C)(C)CN)C(=O)C1Cc2ccccc2CN1C(=O)c1ccco1.Cl. The zero-order valence-electron chi connectivity index (χ0n) is 16.6. The minimum Gasteiger partial charge on any atom is -0.459 e. The van der Waals surface area contributed by atoms with Gasteiger partial charge in [0.25, 0.3) is 5.91 Å². The van der Waals surface area contributed by atoms with Crippen LogP contribution in [0.1, 0.15) is 35.5 Å². The Balaban J connectivity index is 0.00000280. The lowest BCUT2D eigenvalue weighted by Crippen LogP contribution is -2.54. The van der Waals surface area contributed by atoms with Crippen molar-refractivity contribution in [3.05, 3.63) is 59.5 Å². The molecule has 2 heterocycles. The van der Waals surface area contributed by atoms with E-state index >= 15 is 0 Å². The zero-order valence-corrected chi connectivity index (χ0v) is 17.4. The minimum atomic E-state index is -0.559. The number of hydrogen-bond acceptors (Lipinski definition) is 4. The van der Waals surface area contributed by atoms with Gasteiger partial charge in [0.2, 0.25) is 5.91 Å². The highest BCUT2D eigenvalue weighted by atomic mass is 35.5. The first-order chi connectivity index (χ1) is 12.8. The number of likely N-dealkylation sites (N-methyl/N-ethyl adjacent to an activating group) is 1. The molecule has 2 amide bonds. The fourth-order valence-electron chi connectivity index (χ4n) is 3.54. The van der Waals surface area contributed by atoms with Crippen LogP contribution in [0.4, 0.5) is 0 Å². The van der Waals surface area contributed by atoms with Crippen molar-refractivity contribution in [3.63, 3.8) is 0 Å². The smallest absolute Gasteiger partial charge is 0.290 e. The van der Waals surface area contributed by atoms with Crippen LogP contribution in [0.15, 0.2) is 47.1 Å². The summed E-state index contributed by atoms with van der Waals surface area (Å²) in [6.07, 6.45) is 1.96. The Morgan fingerprint density at radius 3 is 2.50 bits per heavy atom. The number of amides is 2. The first kappa shape index (κ1) is 22.0. The molecule has 3 rings (SSSR count). The summed E-state index contributed by atoms with van der Waals surface area (Å²) in [5, 5.41) is 0. The van der Waals surface area contributed by atoms with Crippen molar-refractivity contribution in [3.8, 4) is 0 Å². The summed E-state index contributed by atoms with van der Waals surface area (Å²) in [7, 11) is 1.77. The first-order valence-electron chi connectivity index (χ1n) is 9.19. The second-order valence-corrected chi connectivity index (χ2v) is 7.96. The number of hydrogen-bond donors (Lipinski definition) is 1. The van der Waals surface area contributed by atoms with Crippen LogP contribution in [0.25, 0.3) is 0 Å². The quantitative estimate of drug-likeness (QED) is 0.829. The van der Waals surface area contributed by atoms with E-state index in [0.717, 1.165) is 11.1 Å². The minimum absolute atomic E-state index is 0. The summed E-state index contributed by atoms with van der Waals surface area (Å²) in [5.41, 5.74) is 7.80. The van der Waals surface area contributed by atoms with Gasteiger partial charge in [-0.1, -0.05) is 38.1 Å². The molecule has 0 bridgehead atoms. The first-order valence-corrected chi connectivity index (χ1v) is 9.19. The van der Waals surface area contributed by atoms with Gasteiger partial charge in [0, 0.05) is 26.6 Å². The molecule has 0 spiro atoms. The van der Waals surface area contributed by atoms with E-state index in [1.54, 1.807) is 29.0 Å². The molecule has 1 aliphatic rings. The van der Waals surface area contributed by atoms with E-state index in [0.29, 0.717) is 26.1 Å². The topological polar surface area (TPSA) is 79.8 Å². The normalized spacial score (nSPS) is 16.1. The number of furan rings is 1. The van der Waals surface area contributed by atoms with E-state index < -0.39 is 6.04 Å². The molecule has 1 aliphatic heterocycles. The fourth-order valence-corrected chi connectivity index (χ4v) is 3.54. The van der Waals surface area contributed by atoms with Crippen LogP contribution in [0, 0.1) is 5.41 Å². The third-order valence-electron chi connectivity index (χ3n) is 5.12. The summed E-state index contributed by atoms with van der Waals surface area (Å²) >= 11 is 0. The molecule has 0 saturated carbocycles. The third-order valence-corrected chi connectivity index (χ3v) is 5.12.